The smallest absolute Gasteiger partial charge is 0.302 e. The fourth-order valence-corrected chi connectivity index (χ4v) is 2.82. The number of hydrogen-bond donors (Lipinski definition) is 1. The number of aromatic nitrogens is 2. The molecule has 0 aliphatic heterocycles. The van der Waals surface area contributed by atoms with Crippen LogP contribution in [-0.2, 0) is 6.18 Å². The van der Waals surface area contributed by atoms with Gasteiger partial charge < -0.3 is 4.98 Å². The molecule has 7 heteroatoms. The van der Waals surface area contributed by atoms with E-state index in [1.807, 2.05) is 30.3 Å². The molecule has 2 heterocycles. The van der Waals surface area contributed by atoms with Crippen molar-refractivity contribution in [2.75, 3.05) is 0 Å². The van der Waals surface area contributed by atoms with E-state index in [1.165, 1.54) is 6.07 Å². The number of alkyl halides is 3. The second-order valence-electron chi connectivity index (χ2n) is 4.10. The molecule has 20 heavy (non-hydrogen) atoms. The van der Waals surface area contributed by atoms with Gasteiger partial charge in [0.1, 0.15) is 4.70 Å². The van der Waals surface area contributed by atoms with E-state index in [4.69, 9.17) is 0 Å². The van der Waals surface area contributed by atoms with E-state index in [1.54, 1.807) is 4.98 Å². The van der Waals surface area contributed by atoms with Crippen LogP contribution in [0.1, 0.15) is 5.82 Å². The predicted octanol–water partition coefficient (Wildman–Crippen LogP) is 3.67. The average Bonchev–Trinajstić information content (AvgIpc) is 2.83. The maximum absolute atomic E-state index is 12.6. The number of benzene rings is 1. The highest BCUT2D eigenvalue weighted by molar-refractivity contribution is 7.22. The summed E-state index contributed by atoms with van der Waals surface area (Å²) in [7, 11) is 0. The van der Waals surface area contributed by atoms with E-state index in [2.05, 4.69) is 4.98 Å². The molecular formula is C13H7F3N2OS. The van der Waals surface area contributed by atoms with Gasteiger partial charge in [-0.3, -0.25) is 4.79 Å². The number of nitrogens with zero attached hydrogens (tertiary/aromatic N) is 1. The Morgan fingerprint density at radius 2 is 1.85 bits per heavy atom. The minimum Gasteiger partial charge on any atom is -0.302 e. The standard InChI is InChI=1S/C13H7F3N2OS/c14-13(15,16)12-17-8-6-9(7-4-2-1-3-5-7)20-10(8)11(19)18-12/h1-6H,(H,17,18,19). The maximum atomic E-state index is 12.6. The Kier molecular flexibility index (Phi) is 2.86. The Morgan fingerprint density at radius 3 is 2.50 bits per heavy atom. The zero-order chi connectivity index (χ0) is 14.3. The van der Waals surface area contributed by atoms with E-state index in [0.29, 0.717) is 4.88 Å². The zero-order valence-electron chi connectivity index (χ0n) is 9.86. The molecule has 0 aliphatic rings. The van der Waals surface area contributed by atoms with Crippen molar-refractivity contribution in [2.24, 2.45) is 0 Å². The molecule has 102 valence electrons. The number of halogens is 3. The number of nitrogens with one attached hydrogen (secondary N) is 1. The number of thiophene rings is 1. The summed E-state index contributed by atoms with van der Waals surface area (Å²) in [5, 5.41) is 0. The van der Waals surface area contributed by atoms with Crippen molar-refractivity contribution >= 4 is 21.6 Å². The van der Waals surface area contributed by atoms with Crippen molar-refractivity contribution in [1.29, 1.82) is 0 Å². The number of H-pyrrole nitrogens is 1. The first-order valence-electron chi connectivity index (χ1n) is 5.61. The summed E-state index contributed by atoms with van der Waals surface area (Å²) in [6, 6.07) is 10.6. The van der Waals surface area contributed by atoms with Gasteiger partial charge in [-0.15, -0.1) is 11.3 Å². The van der Waals surface area contributed by atoms with Crippen molar-refractivity contribution in [2.45, 2.75) is 6.18 Å². The SMILES string of the molecule is O=c1[nH]c(C(F)(F)F)nc2cc(-c3ccccc3)sc12. The summed E-state index contributed by atoms with van der Waals surface area (Å²) in [4.78, 5) is 17.7. The zero-order valence-corrected chi connectivity index (χ0v) is 10.7. The van der Waals surface area contributed by atoms with Gasteiger partial charge in [-0.25, -0.2) is 4.98 Å². The Morgan fingerprint density at radius 1 is 1.15 bits per heavy atom. The van der Waals surface area contributed by atoms with E-state index in [9.17, 15) is 18.0 Å². The minimum absolute atomic E-state index is 0.0601. The lowest BCUT2D eigenvalue weighted by Gasteiger charge is -2.03. The van der Waals surface area contributed by atoms with Crippen LogP contribution >= 0.6 is 11.3 Å². The van der Waals surface area contributed by atoms with Gasteiger partial charge in [0.25, 0.3) is 5.56 Å². The van der Waals surface area contributed by atoms with Crippen LogP contribution in [0, 0.1) is 0 Å². The van der Waals surface area contributed by atoms with Gasteiger partial charge in [-0.1, -0.05) is 30.3 Å². The summed E-state index contributed by atoms with van der Waals surface area (Å²) >= 11 is 1.12. The van der Waals surface area contributed by atoms with Crippen LogP contribution in [0.3, 0.4) is 0 Å². The lowest BCUT2D eigenvalue weighted by molar-refractivity contribution is -0.144. The third-order valence-corrected chi connectivity index (χ3v) is 3.88. The van der Waals surface area contributed by atoms with E-state index in [-0.39, 0.29) is 10.2 Å². The van der Waals surface area contributed by atoms with Gasteiger partial charge >= 0.3 is 6.18 Å². The van der Waals surface area contributed by atoms with E-state index in [0.717, 1.165) is 16.9 Å². The van der Waals surface area contributed by atoms with Crippen molar-refractivity contribution in [3.8, 4) is 10.4 Å². The molecule has 0 fully saturated rings. The Labute approximate surface area is 114 Å². The largest absolute Gasteiger partial charge is 0.449 e. The fraction of sp³-hybridized carbons (Fsp3) is 0.0769. The fourth-order valence-electron chi connectivity index (χ4n) is 1.82. The topological polar surface area (TPSA) is 45.8 Å². The maximum Gasteiger partial charge on any atom is 0.449 e. The number of aromatic amines is 1. The molecule has 0 saturated carbocycles. The number of fused-ring (bicyclic) bond motifs is 1. The molecule has 0 bridgehead atoms. The van der Waals surface area contributed by atoms with Crippen molar-refractivity contribution in [3.63, 3.8) is 0 Å². The van der Waals surface area contributed by atoms with Crippen LogP contribution in [0.5, 0.6) is 0 Å². The first-order valence-corrected chi connectivity index (χ1v) is 6.43. The van der Waals surface area contributed by atoms with Gasteiger partial charge in [-0.2, -0.15) is 13.2 Å². The molecule has 2 aromatic heterocycles. The Balaban J connectivity index is 2.22. The highest BCUT2D eigenvalue weighted by Gasteiger charge is 2.34. The average molecular weight is 296 g/mol. The monoisotopic (exact) mass is 296 g/mol. The molecule has 3 nitrogen and oxygen atoms in total. The molecule has 0 unspecified atom stereocenters. The predicted molar refractivity (Wildman–Crippen MR) is 70.7 cm³/mol. The lowest BCUT2D eigenvalue weighted by atomic mass is 10.2. The normalized spacial score (nSPS) is 11.9. The molecule has 0 spiro atoms. The van der Waals surface area contributed by atoms with Crippen molar-refractivity contribution < 1.29 is 13.2 Å². The van der Waals surface area contributed by atoms with Gasteiger partial charge in [0, 0.05) is 4.88 Å². The van der Waals surface area contributed by atoms with E-state index >= 15 is 0 Å². The first kappa shape index (κ1) is 12.9. The molecule has 1 N–H and O–H groups in total. The quantitative estimate of drug-likeness (QED) is 0.744. The first-order chi connectivity index (χ1) is 9.45. The summed E-state index contributed by atoms with van der Waals surface area (Å²) in [5.74, 6) is -1.27. The van der Waals surface area contributed by atoms with E-state index < -0.39 is 17.6 Å². The number of hydrogen-bond acceptors (Lipinski definition) is 3. The molecule has 0 amide bonds. The van der Waals surface area contributed by atoms with Gasteiger partial charge in [0.05, 0.1) is 5.52 Å². The molecule has 1 aromatic carbocycles. The highest BCUT2D eigenvalue weighted by Crippen LogP contribution is 2.32. The summed E-state index contributed by atoms with van der Waals surface area (Å²) in [6.07, 6.45) is -4.66. The highest BCUT2D eigenvalue weighted by atomic mass is 32.1. The summed E-state index contributed by atoms with van der Waals surface area (Å²) < 4.78 is 38.0. The van der Waals surface area contributed by atoms with Crippen LogP contribution in [0.25, 0.3) is 20.7 Å². The van der Waals surface area contributed by atoms with Crippen molar-refractivity contribution in [1.82, 2.24) is 9.97 Å². The third-order valence-electron chi connectivity index (χ3n) is 2.71. The van der Waals surface area contributed by atoms with Gasteiger partial charge in [-0.05, 0) is 11.6 Å². The lowest BCUT2D eigenvalue weighted by Crippen LogP contribution is -2.18. The molecule has 0 aliphatic carbocycles. The van der Waals surface area contributed by atoms with Crippen LogP contribution in [0.4, 0.5) is 13.2 Å². The van der Waals surface area contributed by atoms with Crippen molar-refractivity contribution in [3.05, 3.63) is 52.6 Å². The second kappa shape index (κ2) is 4.45. The van der Waals surface area contributed by atoms with Crippen LogP contribution in [0.2, 0.25) is 0 Å². The molecule has 0 radical (unpaired) electrons. The Bertz CT molecular complexity index is 821. The summed E-state index contributed by atoms with van der Waals surface area (Å²) in [6.45, 7) is 0. The minimum atomic E-state index is -4.66. The number of rotatable bonds is 1. The molecule has 0 atom stereocenters. The summed E-state index contributed by atoms with van der Waals surface area (Å²) in [5.41, 5.74) is 0.128. The molecule has 3 rings (SSSR count). The van der Waals surface area contributed by atoms with Gasteiger partial charge in [0.15, 0.2) is 0 Å². The third kappa shape index (κ3) is 2.20. The van der Waals surface area contributed by atoms with Crippen LogP contribution < -0.4 is 5.56 Å². The Hall–Kier alpha value is -2.15. The second-order valence-corrected chi connectivity index (χ2v) is 5.16. The van der Waals surface area contributed by atoms with Gasteiger partial charge in [0.2, 0.25) is 5.82 Å². The van der Waals surface area contributed by atoms with Crippen LogP contribution in [0.15, 0.2) is 41.2 Å². The molecule has 0 saturated heterocycles. The van der Waals surface area contributed by atoms with Crippen LogP contribution in [-0.4, -0.2) is 9.97 Å². The molecular weight excluding hydrogens is 289 g/mol. The molecule has 3 aromatic rings.